The zero-order valence-corrected chi connectivity index (χ0v) is 21.1. The summed E-state index contributed by atoms with van der Waals surface area (Å²) < 4.78 is 6.45. The molecule has 1 N–H and O–H groups in total. The van der Waals surface area contributed by atoms with Gasteiger partial charge in [0.05, 0.1) is 41.1 Å². The second-order valence-corrected chi connectivity index (χ2v) is 10.9. The zero-order chi connectivity index (χ0) is 25.0. The number of fused-ring (bicyclic) bond motifs is 6. The Morgan fingerprint density at radius 1 is 1.14 bits per heavy atom. The molecule has 3 aromatic rings. The van der Waals surface area contributed by atoms with Crippen LogP contribution in [0.3, 0.4) is 0 Å². The molecular weight excluding hydrogens is 498 g/mol. The lowest BCUT2D eigenvalue weighted by Gasteiger charge is -2.28. The number of aromatic nitrogens is 1. The number of likely N-dealkylation sites (tertiary alicyclic amines) is 1. The van der Waals surface area contributed by atoms with Crippen LogP contribution >= 0.6 is 22.9 Å². The van der Waals surface area contributed by atoms with Crippen molar-refractivity contribution in [3.8, 4) is 5.75 Å². The van der Waals surface area contributed by atoms with Crippen LogP contribution in [0.15, 0.2) is 54.6 Å². The van der Waals surface area contributed by atoms with Gasteiger partial charge in [0.1, 0.15) is 5.75 Å². The highest BCUT2D eigenvalue weighted by Gasteiger charge is 2.60. The molecule has 2 aromatic carbocycles. The number of imide groups is 1. The van der Waals surface area contributed by atoms with Gasteiger partial charge in [0.15, 0.2) is 5.13 Å². The largest absolute Gasteiger partial charge is 0.494 e. The maximum atomic E-state index is 13.5. The maximum absolute atomic E-state index is 13.5. The van der Waals surface area contributed by atoms with E-state index in [4.69, 9.17) is 16.3 Å². The number of thiazole rings is 1. The minimum atomic E-state index is -0.716. The molecule has 2 heterocycles. The van der Waals surface area contributed by atoms with Crippen LogP contribution < -0.4 is 10.1 Å². The summed E-state index contributed by atoms with van der Waals surface area (Å²) in [6.07, 6.45) is 4.92. The summed E-state index contributed by atoms with van der Waals surface area (Å²) in [5.41, 5.74) is 1.45. The van der Waals surface area contributed by atoms with Crippen LogP contribution in [0.2, 0.25) is 5.02 Å². The van der Waals surface area contributed by atoms with E-state index in [1.807, 2.05) is 25.1 Å². The third kappa shape index (κ3) is 3.89. The molecule has 1 aromatic heterocycles. The lowest BCUT2D eigenvalue weighted by molar-refractivity contribution is -0.144. The lowest BCUT2D eigenvalue weighted by Crippen LogP contribution is -2.38. The predicted octanol–water partition coefficient (Wildman–Crippen LogP) is 5.23. The van der Waals surface area contributed by atoms with E-state index in [1.165, 1.54) is 16.2 Å². The van der Waals surface area contributed by atoms with Crippen LogP contribution in [0.4, 0.5) is 5.13 Å². The third-order valence-corrected chi connectivity index (χ3v) is 8.55. The van der Waals surface area contributed by atoms with Crippen LogP contribution in [-0.2, 0) is 14.4 Å². The van der Waals surface area contributed by atoms with E-state index >= 15 is 0 Å². The number of ether oxygens (including phenoxy) is 1. The first-order chi connectivity index (χ1) is 17.4. The number of carbonyl (C=O) groups excluding carboxylic acids is 3. The Kier molecular flexibility index (Phi) is 5.80. The van der Waals surface area contributed by atoms with Crippen LogP contribution in [0.25, 0.3) is 10.2 Å². The van der Waals surface area contributed by atoms with Gasteiger partial charge in [-0.3, -0.25) is 19.3 Å². The third-order valence-electron chi connectivity index (χ3n) is 7.37. The van der Waals surface area contributed by atoms with Gasteiger partial charge in [-0.15, -0.1) is 0 Å². The van der Waals surface area contributed by atoms with Crippen LogP contribution in [0, 0.1) is 23.7 Å². The number of hydrogen-bond donors (Lipinski definition) is 1. The number of halogens is 1. The van der Waals surface area contributed by atoms with Gasteiger partial charge in [-0.05, 0) is 61.1 Å². The van der Waals surface area contributed by atoms with E-state index in [9.17, 15) is 14.4 Å². The summed E-state index contributed by atoms with van der Waals surface area (Å²) in [7, 11) is 0. The number of amides is 3. The topological polar surface area (TPSA) is 88.6 Å². The van der Waals surface area contributed by atoms with Gasteiger partial charge >= 0.3 is 0 Å². The molecule has 3 amide bonds. The van der Waals surface area contributed by atoms with Crippen molar-refractivity contribution in [2.24, 2.45) is 23.7 Å². The highest BCUT2D eigenvalue weighted by Crippen LogP contribution is 2.54. The summed E-state index contributed by atoms with van der Waals surface area (Å²) in [6, 6.07) is 11.8. The normalized spacial score (nSPS) is 25.0. The van der Waals surface area contributed by atoms with Crippen molar-refractivity contribution in [3.63, 3.8) is 0 Å². The fourth-order valence-corrected chi connectivity index (χ4v) is 6.87. The molecule has 2 fully saturated rings. The van der Waals surface area contributed by atoms with Crippen molar-refractivity contribution < 1.29 is 19.1 Å². The van der Waals surface area contributed by atoms with Crippen molar-refractivity contribution in [3.05, 3.63) is 65.2 Å². The van der Waals surface area contributed by atoms with Crippen molar-refractivity contribution in [2.75, 3.05) is 11.9 Å². The molecule has 3 aliphatic rings. The molecule has 5 unspecified atom stereocenters. The number of anilines is 1. The monoisotopic (exact) mass is 521 g/mol. The minimum Gasteiger partial charge on any atom is -0.494 e. The van der Waals surface area contributed by atoms with Crippen molar-refractivity contribution in [1.82, 2.24) is 9.88 Å². The second kappa shape index (κ2) is 9.01. The molecule has 1 saturated heterocycles. The summed E-state index contributed by atoms with van der Waals surface area (Å²) >= 11 is 7.44. The number of carbonyl (C=O) groups is 3. The molecule has 1 saturated carbocycles. The van der Waals surface area contributed by atoms with Crippen LogP contribution in [-0.4, -0.2) is 34.2 Å². The van der Waals surface area contributed by atoms with Gasteiger partial charge in [-0.1, -0.05) is 47.2 Å². The van der Waals surface area contributed by atoms with Crippen molar-refractivity contribution in [2.45, 2.75) is 25.8 Å². The molecule has 184 valence electrons. The van der Waals surface area contributed by atoms with Gasteiger partial charge in [-0.2, -0.15) is 0 Å². The van der Waals surface area contributed by atoms with E-state index in [1.54, 1.807) is 24.3 Å². The molecule has 36 heavy (non-hydrogen) atoms. The molecule has 7 nitrogen and oxygen atoms in total. The molecule has 2 bridgehead atoms. The Balaban J connectivity index is 1.26. The predicted molar refractivity (Wildman–Crippen MR) is 138 cm³/mol. The summed E-state index contributed by atoms with van der Waals surface area (Å²) in [5.74, 6) is -0.387. The Morgan fingerprint density at radius 2 is 1.83 bits per heavy atom. The molecule has 0 radical (unpaired) electrons. The van der Waals surface area contributed by atoms with E-state index in [-0.39, 0.29) is 47.8 Å². The highest BCUT2D eigenvalue weighted by molar-refractivity contribution is 7.22. The quantitative estimate of drug-likeness (QED) is 0.340. The number of hydrogen-bond acceptors (Lipinski definition) is 6. The first kappa shape index (κ1) is 23.2. The summed E-state index contributed by atoms with van der Waals surface area (Å²) in [4.78, 5) is 46.1. The van der Waals surface area contributed by atoms with Gasteiger partial charge in [0, 0.05) is 5.02 Å². The second-order valence-electron chi connectivity index (χ2n) is 9.45. The zero-order valence-electron chi connectivity index (χ0n) is 19.5. The molecule has 5 atom stereocenters. The van der Waals surface area contributed by atoms with Gasteiger partial charge in [-0.25, -0.2) is 4.98 Å². The van der Waals surface area contributed by atoms with Crippen LogP contribution in [0.1, 0.15) is 31.4 Å². The fourth-order valence-electron chi connectivity index (χ4n) is 5.84. The standard InChI is InChI=1S/C27H24ClN3O4S/c1-2-35-18-9-10-19-21(12-18)36-27(29-19)30-22(32)13-20(14-5-7-17(28)8-6-14)31-25(33)23-15-3-4-16(11-15)24(23)26(31)34/h3-10,12,15-16,20,23-24H,2,11,13H2,1H3,(H,29,30,32). The van der Waals surface area contributed by atoms with E-state index in [0.29, 0.717) is 22.3 Å². The van der Waals surface area contributed by atoms with E-state index in [2.05, 4.69) is 22.5 Å². The van der Waals surface area contributed by atoms with Crippen molar-refractivity contribution >= 4 is 56.0 Å². The molecule has 0 spiro atoms. The molecule has 2 aliphatic carbocycles. The average Bonchev–Trinajstić information content (AvgIpc) is 3.62. The van der Waals surface area contributed by atoms with Crippen LogP contribution in [0.5, 0.6) is 5.75 Å². The Hall–Kier alpha value is -3.23. The number of nitrogens with zero attached hydrogens (tertiary/aromatic N) is 2. The summed E-state index contributed by atoms with van der Waals surface area (Å²) in [5, 5.41) is 3.87. The average molecular weight is 522 g/mol. The van der Waals surface area contributed by atoms with Crippen molar-refractivity contribution in [1.29, 1.82) is 0 Å². The number of rotatable bonds is 7. The highest BCUT2D eigenvalue weighted by atomic mass is 35.5. The smallest absolute Gasteiger partial charge is 0.234 e. The molecule has 1 aliphatic heterocycles. The Labute approximate surface area is 217 Å². The molecule has 6 rings (SSSR count). The fraction of sp³-hybridized carbons (Fsp3) is 0.333. The maximum Gasteiger partial charge on any atom is 0.234 e. The number of benzene rings is 2. The first-order valence-electron chi connectivity index (χ1n) is 12.1. The van der Waals surface area contributed by atoms with Gasteiger partial charge in [0.2, 0.25) is 17.7 Å². The Bertz CT molecular complexity index is 1370. The van der Waals surface area contributed by atoms with Gasteiger partial charge < -0.3 is 10.1 Å². The molecular formula is C27H24ClN3O4S. The number of nitrogens with one attached hydrogen (secondary N) is 1. The summed E-state index contributed by atoms with van der Waals surface area (Å²) in [6.45, 7) is 2.48. The first-order valence-corrected chi connectivity index (χ1v) is 13.3. The SMILES string of the molecule is CCOc1ccc2nc(NC(=O)CC(c3ccc(Cl)cc3)N3C(=O)C4C5C=CC(C5)C4C3=O)sc2c1. The Morgan fingerprint density at radius 3 is 2.50 bits per heavy atom. The lowest BCUT2D eigenvalue weighted by atomic mass is 9.85. The molecule has 9 heteroatoms. The van der Waals surface area contributed by atoms with E-state index in [0.717, 1.165) is 22.4 Å². The number of allylic oxidation sites excluding steroid dienone is 2. The minimum absolute atomic E-state index is 0.0680. The van der Waals surface area contributed by atoms with Gasteiger partial charge in [0.25, 0.3) is 0 Å². The van der Waals surface area contributed by atoms with E-state index < -0.39 is 6.04 Å².